The summed E-state index contributed by atoms with van der Waals surface area (Å²) in [7, 11) is 0. The van der Waals surface area contributed by atoms with Crippen LogP contribution in [0.25, 0.3) is 0 Å². The van der Waals surface area contributed by atoms with E-state index in [2.05, 4.69) is 32.6 Å². The van der Waals surface area contributed by atoms with Crippen molar-refractivity contribution in [3.05, 3.63) is 10.6 Å². The van der Waals surface area contributed by atoms with Crippen LogP contribution >= 0.6 is 23.1 Å². The zero-order valence-corrected chi connectivity index (χ0v) is 13.9. The molecule has 1 N–H and O–H groups in total. The third-order valence-corrected chi connectivity index (χ3v) is 6.05. The molecule has 108 valence electrons. The van der Waals surface area contributed by atoms with E-state index in [-0.39, 0.29) is 6.61 Å². The van der Waals surface area contributed by atoms with E-state index in [9.17, 15) is 5.11 Å². The molecule has 0 spiro atoms. The summed E-state index contributed by atoms with van der Waals surface area (Å²) in [5.74, 6) is 1.58. The van der Waals surface area contributed by atoms with Gasteiger partial charge < -0.3 is 10.0 Å². The predicted molar refractivity (Wildman–Crippen MR) is 85.5 cm³/mol. The average Bonchev–Trinajstić information content (AvgIpc) is 2.80. The van der Waals surface area contributed by atoms with Crippen LogP contribution in [0.15, 0.2) is 0 Å². The number of hydrogen-bond donors (Lipinski definition) is 1. The van der Waals surface area contributed by atoms with Crippen molar-refractivity contribution < 1.29 is 5.11 Å². The minimum absolute atomic E-state index is 0.114. The van der Waals surface area contributed by atoms with Crippen LogP contribution in [-0.2, 0) is 6.61 Å². The lowest BCUT2D eigenvalue weighted by molar-refractivity contribution is 0.283. The molecule has 0 amide bonds. The minimum atomic E-state index is 0.114. The molecule has 1 saturated heterocycles. The van der Waals surface area contributed by atoms with E-state index in [0.717, 1.165) is 41.0 Å². The molecule has 2 heterocycles. The van der Waals surface area contributed by atoms with Crippen LogP contribution in [0, 0.1) is 0 Å². The van der Waals surface area contributed by atoms with Gasteiger partial charge in [0, 0.05) is 23.6 Å². The fourth-order valence-electron chi connectivity index (χ4n) is 2.36. The lowest BCUT2D eigenvalue weighted by Crippen LogP contribution is -2.43. The highest BCUT2D eigenvalue weighted by Crippen LogP contribution is 2.36. The molecule has 0 bridgehead atoms. The summed E-state index contributed by atoms with van der Waals surface area (Å²) in [5, 5.41) is 10.6. The fraction of sp³-hybridized carbons (Fsp3) is 0.786. The topological polar surface area (TPSA) is 36.4 Å². The molecule has 19 heavy (non-hydrogen) atoms. The molecule has 1 aromatic heterocycles. The van der Waals surface area contributed by atoms with Crippen molar-refractivity contribution in [2.45, 2.75) is 51.4 Å². The molecule has 1 fully saturated rings. The summed E-state index contributed by atoms with van der Waals surface area (Å²) in [5.41, 5.74) is 1.10. The maximum absolute atomic E-state index is 9.52. The first-order valence-corrected chi connectivity index (χ1v) is 8.76. The Balaban J connectivity index is 2.23. The van der Waals surface area contributed by atoms with E-state index in [1.54, 1.807) is 11.3 Å². The average molecular weight is 300 g/mol. The van der Waals surface area contributed by atoms with Gasteiger partial charge in [-0.15, -0.1) is 0 Å². The van der Waals surface area contributed by atoms with Gasteiger partial charge in [-0.3, -0.25) is 0 Å². The second-order valence-electron chi connectivity index (χ2n) is 5.80. The van der Waals surface area contributed by atoms with Gasteiger partial charge in [0.1, 0.15) is 0 Å². The van der Waals surface area contributed by atoms with Crippen LogP contribution in [0.5, 0.6) is 0 Å². The largest absolute Gasteiger partial charge is 0.391 e. The Kier molecular flexibility index (Phi) is 4.79. The van der Waals surface area contributed by atoms with Gasteiger partial charge in [-0.1, -0.05) is 25.2 Å². The van der Waals surface area contributed by atoms with Crippen LogP contribution in [0.2, 0.25) is 0 Å². The normalized spacial score (nSPS) is 20.6. The fourth-order valence-corrected chi connectivity index (χ4v) is 4.53. The molecule has 0 saturated carbocycles. The van der Waals surface area contributed by atoms with E-state index in [1.807, 2.05) is 11.8 Å². The number of aliphatic hydroxyl groups excluding tert-OH is 1. The summed E-state index contributed by atoms with van der Waals surface area (Å²) in [6.45, 7) is 11.2. The third kappa shape index (κ3) is 3.44. The van der Waals surface area contributed by atoms with Crippen molar-refractivity contribution in [1.29, 1.82) is 0 Å². The second-order valence-corrected chi connectivity index (χ2v) is 8.67. The Morgan fingerprint density at radius 2 is 2.21 bits per heavy atom. The molecule has 1 aliphatic rings. The van der Waals surface area contributed by atoms with Crippen LogP contribution in [0.1, 0.15) is 50.6 Å². The van der Waals surface area contributed by atoms with Gasteiger partial charge in [0.25, 0.3) is 0 Å². The molecular formula is C14H24N2OS2. The number of anilines is 1. The first-order chi connectivity index (χ1) is 8.96. The summed E-state index contributed by atoms with van der Waals surface area (Å²) in [6.07, 6.45) is 1.07. The summed E-state index contributed by atoms with van der Waals surface area (Å²) < 4.78 is 0.292. The van der Waals surface area contributed by atoms with E-state index in [0.29, 0.717) is 10.7 Å². The third-order valence-electron chi connectivity index (χ3n) is 3.64. The first-order valence-electron chi connectivity index (χ1n) is 6.96. The minimum Gasteiger partial charge on any atom is -0.391 e. The molecule has 1 unspecified atom stereocenters. The van der Waals surface area contributed by atoms with Crippen molar-refractivity contribution in [2.75, 3.05) is 23.7 Å². The number of nitrogens with zero attached hydrogens (tertiary/aromatic N) is 2. The Morgan fingerprint density at radius 1 is 1.47 bits per heavy atom. The highest BCUT2D eigenvalue weighted by Gasteiger charge is 2.29. The maximum Gasteiger partial charge on any atom is 0.185 e. The molecule has 5 heteroatoms. The van der Waals surface area contributed by atoms with Gasteiger partial charge in [0.2, 0.25) is 0 Å². The van der Waals surface area contributed by atoms with Crippen molar-refractivity contribution in [1.82, 2.24) is 4.98 Å². The lowest BCUT2D eigenvalue weighted by atomic mass is 10.0. The van der Waals surface area contributed by atoms with Crippen molar-refractivity contribution in [3.63, 3.8) is 0 Å². The van der Waals surface area contributed by atoms with Gasteiger partial charge in [-0.2, -0.15) is 11.8 Å². The zero-order valence-electron chi connectivity index (χ0n) is 12.3. The molecule has 1 aromatic rings. The molecule has 1 atom stereocenters. The van der Waals surface area contributed by atoms with Crippen LogP contribution in [0.4, 0.5) is 5.13 Å². The molecule has 0 aromatic carbocycles. The smallest absolute Gasteiger partial charge is 0.185 e. The van der Waals surface area contributed by atoms with Gasteiger partial charge in [0.05, 0.1) is 17.2 Å². The lowest BCUT2D eigenvalue weighted by Gasteiger charge is -2.37. The number of thiazole rings is 1. The SMILES string of the molecule is CCC(C)c1nc(N2CCSC(C)(C)C2)sc1CO. The summed E-state index contributed by atoms with van der Waals surface area (Å²) in [4.78, 5) is 8.24. The molecule has 0 radical (unpaired) electrons. The Hall–Kier alpha value is -0.260. The highest BCUT2D eigenvalue weighted by atomic mass is 32.2. The predicted octanol–water partition coefficient (Wildman–Crippen LogP) is 3.48. The monoisotopic (exact) mass is 300 g/mol. The van der Waals surface area contributed by atoms with Crippen LogP contribution < -0.4 is 4.90 Å². The summed E-state index contributed by atoms with van der Waals surface area (Å²) >= 11 is 3.70. The number of hydrogen-bond acceptors (Lipinski definition) is 5. The van der Waals surface area contributed by atoms with Gasteiger partial charge in [-0.25, -0.2) is 4.98 Å². The number of aromatic nitrogens is 1. The van der Waals surface area contributed by atoms with Crippen molar-refractivity contribution in [2.24, 2.45) is 0 Å². The number of thioether (sulfide) groups is 1. The highest BCUT2D eigenvalue weighted by molar-refractivity contribution is 8.00. The summed E-state index contributed by atoms with van der Waals surface area (Å²) in [6, 6.07) is 0. The Bertz CT molecular complexity index is 431. The number of rotatable bonds is 4. The zero-order chi connectivity index (χ0) is 14.0. The molecule has 2 rings (SSSR count). The number of aliphatic hydroxyl groups is 1. The molecular weight excluding hydrogens is 276 g/mol. The Morgan fingerprint density at radius 3 is 2.79 bits per heavy atom. The second kappa shape index (κ2) is 6.02. The maximum atomic E-state index is 9.52. The van der Waals surface area contributed by atoms with Gasteiger partial charge in [-0.05, 0) is 26.2 Å². The van der Waals surface area contributed by atoms with Gasteiger partial charge in [0.15, 0.2) is 5.13 Å². The van der Waals surface area contributed by atoms with Crippen molar-refractivity contribution in [3.8, 4) is 0 Å². The van der Waals surface area contributed by atoms with Gasteiger partial charge >= 0.3 is 0 Å². The molecule has 0 aliphatic carbocycles. The van der Waals surface area contributed by atoms with E-state index >= 15 is 0 Å². The van der Waals surface area contributed by atoms with Crippen LogP contribution in [-0.4, -0.2) is 33.7 Å². The Labute approximate surface area is 124 Å². The van der Waals surface area contributed by atoms with Crippen molar-refractivity contribution >= 4 is 28.2 Å². The standard InChI is InChI=1S/C14H24N2OS2/c1-5-10(2)12-11(8-17)19-13(15-12)16-6-7-18-14(3,4)9-16/h10,17H,5-9H2,1-4H3. The van der Waals surface area contributed by atoms with Crippen LogP contribution in [0.3, 0.4) is 0 Å². The van der Waals surface area contributed by atoms with E-state index < -0.39 is 0 Å². The quantitative estimate of drug-likeness (QED) is 0.923. The first kappa shape index (κ1) is 15.1. The molecule has 3 nitrogen and oxygen atoms in total. The van der Waals surface area contributed by atoms with E-state index in [4.69, 9.17) is 4.98 Å². The molecule has 1 aliphatic heterocycles. The van der Waals surface area contributed by atoms with E-state index in [1.165, 1.54) is 0 Å².